The van der Waals surface area contributed by atoms with E-state index < -0.39 is 11.4 Å². The lowest BCUT2D eigenvalue weighted by Gasteiger charge is -2.10. The normalized spacial score (nSPS) is 16.7. The number of aromatic nitrogens is 4. The average molecular weight is 264 g/mol. The summed E-state index contributed by atoms with van der Waals surface area (Å²) < 4.78 is 1.63. The Labute approximate surface area is 107 Å². The number of nitrogens with zero attached hydrogens (tertiary/aromatic N) is 4. The first-order valence-electron chi connectivity index (χ1n) is 5.70. The largest absolute Gasteiger partial charge is 0.481 e. The number of hydrogen-bond donors (Lipinski definition) is 1. The van der Waals surface area contributed by atoms with Crippen molar-refractivity contribution in [2.75, 3.05) is 0 Å². The molecule has 7 heteroatoms. The number of carboxylic acids is 1. The fourth-order valence-corrected chi connectivity index (χ4v) is 2.62. The molecule has 1 aliphatic rings. The van der Waals surface area contributed by atoms with Crippen LogP contribution in [-0.2, 0) is 17.8 Å². The van der Waals surface area contributed by atoms with Crippen LogP contribution < -0.4 is 0 Å². The van der Waals surface area contributed by atoms with E-state index in [9.17, 15) is 9.90 Å². The van der Waals surface area contributed by atoms with Gasteiger partial charge >= 0.3 is 5.97 Å². The molecule has 6 nitrogen and oxygen atoms in total. The molecule has 94 valence electrons. The first-order chi connectivity index (χ1) is 8.70. The maximum absolute atomic E-state index is 11.2. The van der Waals surface area contributed by atoms with Crippen LogP contribution in [0.15, 0.2) is 17.5 Å². The summed E-state index contributed by atoms with van der Waals surface area (Å²) in [6.45, 7) is 0.371. The molecule has 1 saturated carbocycles. The topological polar surface area (TPSA) is 80.9 Å². The van der Waals surface area contributed by atoms with Gasteiger partial charge in [-0.1, -0.05) is 6.07 Å². The van der Waals surface area contributed by atoms with Crippen LogP contribution in [0.4, 0.5) is 0 Å². The lowest BCUT2D eigenvalue weighted by molar-refractivity contribution is -0.144. The van der Waals surface area contributed by atoms with Crippen molar-refractivity contribution in [1.29, 1.82) is 0 Å². The Morgan fingerprint density at radius 3 is 3.00 bits per heavy atom. The summed E-state index contributed by atoms with van der Waals surface area (Å²) in [4.78, 5) is 12.3. The van der Waals surface area contributed by atoms with Gasteiger partial charge in [-0.15, -0.1) is 16.4 Å². The number of hydrogen-bond acceptors (Lipinski definition) is 5. The van der Waals surface area contributed by atoms with Crippen LogP contribution in [0.2, 0.25) is 0 Å². The first-order valence-corrected chi connectivity index (χ1v) is 6.58. The molecular formula is C11H12N4O2S. The minimum Gasteiger partial charge on any atom is -0.481 e. The van der Waals surface area contributed by atoms with E-state index in [1.165, 1.54) is 4.88 Å². The fraction of sp³-hybridized carbons (Fsp3) is 0.455. The Kier molecular flexibility index (Phi) is 2.62. The zero-order valence-corrected chi connectivity index (χ0v) is 10.4. The molecule has 2 aromatic rings. The highest BCUT2D eigenvalue weighted by molar-refractivity contribution is 7.09. The lowest BCUT2D eigenvalue weighted by Crippen LogP contribution is -2.23. The van der Waals surface area contributed by atoms with Crippen molar-refractivity contribution < 1.29 is 9.90 Å². The summed E-state index contributed by atoms with van der Waals surface area (Å²) in [5, 5.41) is 22.7. The van der Waals surface area contributed by atoms with E-state index in [2.05, 4.69) is 15.5 Å². The predicted octanol–water partition coefficient (Wildman–Crippen LogP) is 1.19. The van der Waals surface area contributed by atoms with Crippen molar-refractivity contribution in [3.8, 4) is 0 Å². The number of rotatable bonds is 5. The summed E-state index contributed by atoms with van der Waals surface area (Å²) in [5.41, 5.74) is -0.639. The Morgan fingerprint density at radius 2 is 2.39 bits per heavy atom. The van der Waals surface area contributed by atoms with E-state index in [4.69, 9.17) is 0 Å². The van der Waals surface area contributed by atoms with Gasteiger partial charge in [-0.3, -0.25) is 4.79 Å². The second-order valence-electron chi connectivity index (χ2n) is 4.59. The van der Waals surface area contributed by atoms with Crippen molar-refractivity contribution in [3.63, 3.8) is 0 Å². The molecule has 0 atom stereocenters. The van der Waals surface area contributed by atoms with E-state index in [0.29, 0.717) is 25.8 Å². The van der Waals surface area contributed by atoms with Crippen LogP contribution >= 0.6 is 11.3 Å². The Morgan fingerprint density at radius 1 is 1.56 bits per heavy atom. The Hall–Kier alpha value is -1.76. The third-order valence-corrected chi connectivity index (χ3v) is 4.15. The van der Waals surface area contributed by atoms with E-state index >= 15 is 0 Å². The first kappa shape index (κ1) is 11.3. The molecular weight excluding hydrogens is 252 g/mol. The van der Waals surface area contributed by atoms with Crippen LogP contribution in [0, 0.1) is 5.41 Å². The fourth-order valence-electron chi connectivity index (χ4n) is 1.92. The molecule has 0 saturated heterocycles. The van der Waals surface area contributed by atoms with Gasteiger partial charge in [0.1, 0.15) is 0 Å². The van der Waals surface area contributed by atoms with Gasteiger partial charge in [-0.2, -0.15) is 0 Å². The molecule has 2 heterocycles. The number of thiophene rings is 1. The maximum atomic E-state index is 11.2. The number of tetrazole rings is 1. The van der Waals surface area contributed by atoms with Crippen LogP contribution in [0.5, 0.6) is 0 Å². The van der Waals surface area contributed by atoms with Gasteiger partial charge in [0.15, 0.2) is 5.82 Å². The molecule has 0 amide bonds. The molecule has 0 aliphatic heterocycles. The minimum absolute atomic E-state index is 0.371. The van der Waals surface area contributed by atoms with E-state index in [1.807, 2.05) is 17.5 Å². The third-order valence-electron chi connectivity index (χ3n) is 3.28. The second kappa shape index (κ2) is 4.16. The van der Waals surface area contributed by atoms with E-state index in [-0.39, 0.29) is 0 Å². The van der Waals surface area contributed by atoms with Crippen LogP contribution in [0.1, 0.15) is 23.5 Å². The van der Waals surface area contributed by atoms with E-state index in [0.717, 1.165) is 5.82 Å². The van der Waals surface area contributed by atoms with Crippen LogP contribution in [0.25, 0.3) is 0 Å². The molecule has 1 N–H and O–H groups in total. The highest BCUT2D eigenvalue weighted by Crippen LogP contribution is 2.47. The van der Waals surface area contributed by atoms with Gasteiger partial charge in [0.2, 0.25) is 0 Å². The molecule has 1 aliphatic carbocycles. The zero-order valence-electron chi connectivity index (χ0n) is 9.61. The van der Waals surface area contributed by atoms with Gasteiger partial charge in [-0.25, -0.2) is 4.68 Å². The summed E-state index contributed by atoms with van der Waals surface area (Å²) in [6.07, 6.45) is 2.07. The molecule has 0 bridgehead atoms. The molecule has 1 fully saturated rings. The lowest BCUT2D eigenvalue weighted by atomic mass is 10.1. The number of carbonyl (C=O) groups is 1. The third kappa shape index (κ3) is 2.01. The quantitative estimate of drug-likeness (QED) is 0.877. The van der Waals surface area contributed by atoms with Crippen LogP contribution in [0.3, 0.4) is 0 Å². The smallest absolute Gasteiger partial charge is 0.311 e. The summed E-state index contributed by atoms with van der Waals surface area (Å²) in [6, 6.07) is 4.00. The standard InChI is InChI=1S/C11H12N4O2S/c16-10(17)11(3-4-11)7-15-9(12-13-14-15)6-8-2-1-5-18-8/h1-2,5H,3-4,6-7H2,(H,16,17). The summed E-state index contributed by atoms with van der Waals surface area (Å²) in [7, 11) is 0. The van der Waals surface area contributed by atoms with Gasteiger partial charge in [0, 0.05) is 11.3 Å². The van der Waals surface area contributed by atoms with Gasteiger partial charge < -0.3 is 5.11 Å². The molecule has 18 heavy (non-hydrogen) atoms. The molecule has 2 aromatic heterocycles. The van der Waals surface area contributed by atoms with Crippen molar-refractivity contribution in [1.82, 2.24) is 20.2 Å². The Balaban J connectivity index is 1.78. The van der Waals surface area contributed by atoms with Crippen molar-refractivity contribution in [2.24, 2.45) is 5.41 Å². The second-order valence-corrected chi connectivity index (χ2v) is 5.63. The SMILES string of the molecule is O=C(O)C1(Cn2nnnc2Cc2cccs2)CC1. The average Bonchev–Trinajstić information content (AvgIpc) is 2.75. The van der Waals surface area contributed by atoms with Gasteiger partial charge in [0.25, 0.3) is 0 Å². The summed E-state index contributed by atoms with van der Waals surface area (Å²) >= 11 is 1.64. The molecule has 0 aromatic carbocycles. The molecule has 0 radical (unpaired) electrons. The molecule has 3 rings (SSSR count). The monoisotopic (exact) mass is 264 g/mol. The van der Waals surface area contributed by atoms with Crippen molar-refractivity contribution >= 4 is 17.3 Å². The highest BCUT2D eigenvalue weighted by atomic mass is 32.1. The maximum Gasteiger partial charge on any atom is 0.311 e. The molecule has 0 spiro atoms. The van der Waals surface area contributed by atoms with Crippen LogP contribution in [-0.4, -0.2) is 31.3 Å². The molecule has 0 unspecified atom stereocenters. The van der Waals surface area contributed by atoms with Crippen molar-refractivity contribution in [2.45, 2.75) is 25.8 Å². The highest BCUT2D eigenvalue weighted by Gasteiger charge is 2.51. The van der Waals surface area contributed by atoms with Gasteiger partial charge in [-0.05, 0) is 34.7 Å². The summed E-state index contributed by atoms with van der Waals surface area (Å²) in [5.74, 6) is -0.0231. The number of carboxylic acid groups (broad SMARTS) is 1. The van der Waals surface area contributed by atoms with Gasteiger partial charge in [0.05, 0.1) is 12.0 Å². The Bertz CT molecular complexity index is 559. The predicted molar refractivity (Wildman–Crippen MR) is 64.2 cm³/mol. The van der Waals surface area contributed by atoms with E-state index in [1.54, 1.807) is 16.0 Å². The minimum atomic E-state index is -0.750. The van der Waals surface area contributed by atoms with Crippen molar-refractivity contribution in [3.05, 3.63) is 28.2 Å². The zero-order chi connectivity index (χ0) is 12.6. The number of aliphatic carboxylic acids is 1.